The highest BCUT2D eigenvalue weighted by atomic mass is 79.9. The van der Waals surface area contributed by atoms with E-state index in [1.807, 2.05) is 11.8 Å². The van der Waals surface area contributed by atoms with Gasteiger partial charge in [-0.05, 0) is 47.9 Å². The fraction of sp³-hybridized carbons (Fsp3) is 0.625. The van der Waals surface area contributed by atoms with Crippen LogP contribution in [0.1, 0.15) is 38.7 Å². The second kappa shape index (κ2) is 9.84. The molecule has 1 unspecified atom stereocenters. The van der Waals surface area contributed by atoms with Gasteiger partial charge in [-0.15, -0.1) is 0 Å². The topological polar surface area (TPSA) is 12.0 Å². The Bertz CT molecular complexity index is 354. The molecule has 108 valence electrons. The molecule has 0 saturated carbocycles. The van der Waals surface area contributed by atoms with E-state index >= 15 is 0 Å². The van der Waals surface area contributed by atoms with Crippen LogP contribution in [0, 0.1) is 5.92 Å². The first kappa shape index (κ1) is 17.1. The zero-order valence-corrected chi connectivity index (χ0v) is 14.7. The minimum Gasteiger partial charge on any atom is -0.316 e. The van der Waals surface area contributed by atoms with Crippen LogP contribution in [0.2, 0.25) is 0 Å². The molecule has 19 heavy (non-hydrogen) atoms. The highest BCUT2D eigenvalue weighted by Gasteiger charge is 2.14. The summed E-state index contributed by atoms with van der Waals surface area (Å²) >= 11 is 5.73. The van der Waals surface area contributed by atoms with Gasteiger partial charge in [0, 0.05) is 11.0 Å². The van der Waals surface area contributed by atoms with Gasteiger partial charge in [0.05, 0.1) is 0 Å². The summed E-state index contributed by atoms with van der Waals surface area (Å²) in [6.07, 6.45) is 1.24. The summed E-state index contributed by atoms with van der Waals surface area (Å²) in [6.45, 7) is 8.92. The van der Waals surface area contributed by atoms with Gasteiger partial charge in [0.2, 0.25) is 0 Å². The lowest BCUT2D eigenvalue weighted by molar-refractivity contribution is 0.510. The average molecular weight is 344 g/mol. The Morgan fingerprint density at radius 3 is 2.58 bits per heavy atom. The van der Waals surface area contributed by atoms with Crippen LogP contribution in [0.4, 0.5) is 0 Å². The smallest absolute Gasteiger partial charge is 0.0210 e. The summed E-state index contributed by atoms with van der Waals surface area (Å²) in [5.74, 6) is 3.77. The fourth-order valence-electron chi connectivity index (χ4n) is 2.09. The number of hydrogen-bond acceptors (Lipinski definition) is 2. The summed E-state index contributed by atoms with van der Waals surface area (Å²) in [5, 5.41) is 3.61. The third kappa shape index (κ3) is 6.82. The predicted octanol–water partition coefficient (Wildman–Crippen LogP) is 4.92. The van der Waals surface area contributed by atoms with Crippen molar-refractivity contribution in [2.45, 2.75) is 33.1 Å². The lowest BCUT2D eigenvalue weighted by Gasteiger charge is -2.20. The van der Waals surface area contributed by atoms with Gasteiger partial charge in [0.15, 0.2) is 0 Å². The third-order valence-corrected chi connectivity index (χ3v) is 4.76. The Kier molecular flexibility index (Phi) is 8.84. The molecular weight excluding hydrogens is 318 g/mol. The van der Waals surface area contributed by atoms with Crippen molar-refractivity contribution in [1.82, 2.24) is 5.32 Å². The van der Waals surface area contributed by atoms with Crippen LogP contribution in [-0.2, 0) is 0 Å². The van der Waals surface area contributed by atoms with Gasteiger partial charge in [-0.1, -0.05) is 54.9 Å². The quantitative estimate of drug-likeness (QED) is 0.638. The zero-order chi connectivity index (χ0) is 14.1. The molecule has 0 aliphatic rings. The minimum atomic E-state index is 0.605. The molecule has 0 bridgehead atoms. The molecular formula is C16H26BrNS. The summed E-state index contributed by atoms with van der Waals surface area (Å²) < 4.78 is 1.24. The highest BCUT2D eigenvalue weighted by Crippen LogP contribution is 2.28. The molecule has 0 radical (unpaired) electrons. The SMILES string of the molecule is CCSCCC(CNCC(C)C)c1ccccc1Br. The van der Waals surface area contributed by atoms with Gasteiger partial charge in [0.1, 0.15) is 0 Å². The van der Waals surface area contributed by atoms with Crippen LogP contribution in [-0.4, -0.2) is 24.6 Å². The first-order valence-corrected chi connectivity index (χ1v) is 9.12. The van der Waals surface area contributed by atoms with Crippen LogP contribution in [0.25, 0.3) is 0 Å². The third-order valence-electron chi connectivity index (χ3n) is 3.10. The van der Waals surface area contributed by atoms with E-state index in [0.29, 0.717) is 11.8 Å². The summed E-state index contributed by atoms with van der Waals surface area (Å²) in [6, 6.07) is 8.63. The molecule has 3 heteroatoms. The van der Waals surface area contributed by atoms with Crippen molar-refractivity contribution in [1.29, 1.82) is 0 Å². The average Bonchev–Trinajstić information content (AvgIpc) is 2.37. The van der Waals surface area contributed by atoms with E-state index in [0.717, 1.165) is 13.1 Å². The van der Waals surface area contributed by atoms with E-state index in [4.69, 9.17) is 0 Å². The summed E-state index contributed by atoms with van der Waals surface area (Å²) in [5.41, 5.74) is 1.44. The largest absolute Gasteiger partial charge is 0.316 e. The first-order chi connectivity index (χ1) is 9.15. The molecule has 0 aliphatic heterocycles. The molecule has 0 aromatic heterocycles. The van der Waals surface area contributed by atoms with Crippen molar-refractivity contribution in [2.24, 2.45) is 5.92 Å². The van der Waals surface area contributed by atoms with E-state index in [1.165, 1.54) is 28.0 Å². The molecule has 0 amide bonds. The monoisotopic (exact) mass is 343 g/mol. The van der Waals surface area contributed by atoms with Crippen molar-refractivity contribution >= 4 is 27.7 Å². The van der Waals surface area contributed by atoms with Gasteiger partial charge >= 0.3 is 0 Å². The molecule has 1 atom stereocenters. The second-order valence-electron chi connectivity index (χ2n) is 5.26. The summed E-state index contributed by atoms with van der Waals surface area (Å²) in [4.78, 5) is 0. The van der Waals surface area contributed by atoms with Crippen molar-refractivity contribution in [3.63, 3.8) is 0 Å². The van der Waals surface area contributed by atoms with E-state index in [1.54, 1.807) is 0 Å². The molecule has 0 saturated heterocycles. The van der Waals surface area contributed by atoms with Crippen LogP contribution in [0.15, 0.2) is 28.7 Å². The van der Waals surface area contributed by atoms with Crippen LogP contribution >= 0.6 is 27.7 Å². The van der Waals surface area contributed by atoms with Crippen molar-refractivity contribution < 1.29 is 0 Å². The van der Waals surface area contributed by atoms with E-state index in [9.17, 15) is 0 Å². The maximum atomic E-state index is 3.69. The molecule has 0 spiro atoms. The van der Waals surface area contributed by atoms with Gasteiger partial charge in [-0.2, -0.15) is 11.8 Å². The van der Waals surface area contributed by atoms with E-state index < -0.39 is 0 Å². The summed E-state index contributed by atoms with van der Waals surface area (Å²) in [7, 11) is 0. The second-order valence-corrected chi connectivity index (χ2v) is 7.50. The molecule has 1 nitrogen and oxygen atoms in total. The van der Waals surface area contributed by atoms with Gasteiger partial charge in [-0.3, -0.25) is 0 Å². The molecule has 0 aliphatic carbocycles. The standard InChI is InChI=1S/C16H26BrNS/c1-4-19-10-9-14(12-18-11-13(2)3)15-7-5-6-8-16(15)17/h5-8,13-14,18H,4,9-12H2,1-3H3. The van der Waals surface area contributed by atoms with Gasteiger partial charge in [-0.25, -0.2) is 0 Å². The Morgan fingerprint density at radius 1 is 1.21 bits per heavy atom. The highest BCUT2D eigenvalue weighted by molar-refractivity contribution is 9.10. The number of halogens is 1. The fourth-order valence-corrected chi connectivity index (χ4v) is 3.44. The molecule has 1 aromatic carbocycles. The van der Waals surface area contributed by atoms with Crippen molar-refractivity contribution in [3.8, 4) is 0 Å². The molecule has 1 aromatic rings. The normalized spacial score (nSPS) is 12.9. The molecule has 0 heterocycles. The lowest BCUT2D eigenvalue weighted by Crippen LogP contribution is -2.26. The van der Waals surface area contributed by atoms with E-state index in [-0.39, 0.29) is 0 Å². The number of benzene rings is 1. The van der Waals surface area contributed by atoms with Crippen LogP contribution in [0.5, 0.6) is 0 Å². The Morgan fingerprint density at radius 2 is 1.95 bits per heavy atom. The Balaban J connectivity index is 2.60. The van der Waals surface area contributed by atoms with E-state index in [2.05, 4.69) is 66.3 Å². The van der Waals surface area contributed by atoms with Crippen LogP contribution < -0.4 is 5.32 Å². The maximum Gasteiger partial charge on any atom is 0.0210 e. The Labute approximate surface area is 131 Å². The van der Waals surface area contributed by atoms with Crippen molar-refractivity contribution in [3.05, 3.63) is 34.3 Å². The first-order valence-electron chi connectivity index (χ1n) is 7.18. The number of hydrogen-bond donors (Lipinski definition) is 1. The van der Waals surface area contributed by atoms with Gasteiger partial charge in [0.25, 0.3) is 0 Å². The Hall–Kier alpha value is 0.01000. The van der Waals surface area contributed by atoms with Gasteiger partial charge < -0.3 is 5.32 Å². The minimum absolute atomic E-state index is 0.605. The lowest BCUT2D eigenvalue weighted by atomic mass is 9.96. The number of rotatable bonds is 9. The number of thioether (sulfide) groups is 1. The van der Waals surface area contributed by atoms with Crippen LogP contribution in [0.3, 0.4) is 0 Å². The number of nitrogens with one attached hydrogen (secondary N) is 1. The molecule has 1 rings (SSSR count). The molecule has 0 fully saturated rings. The predicted molar refractivity (Wildman–Crippen MR) is 92.2 cm³/mol. The molecule has 1 N–H and O–H groups in total. The maximum absolute atomic E-state index is 3.69. The van der Waals surface area contributed by atoms with Crippen molar-refractivity contribution in [2.75, 3.05) is 24.6 Å². The zero-order valence-electron chi connectivity index (χ0n) is 12.3.